The van der Waals surface area contributed by atoms with E-state index in [2.05, 4.69) is 15.6 Å². The molecular formula is C27H40N6O5. The standard InChI is InChI=1S/C27H40N6O5/c1-16(2)23(32-24(34)19(29)9-5-6-12-28)25(35)31-21(26(36)33-13-7-11-22(33)27(37)38)14-17-15-30-20-10-4-3-8-18(17)20/h3-4,8,10,15-16,19,21-23,30H,5-7,9,11-14,28-29H2,1-2H3,(H,31,35)(H,32,34)(H,37,38). The molecule has 0 spiro atoms. The van der Waals surface area contributed by atoms with E-state index in [1.807, 2.05) is 24.3 Å². The minimum atomic E-state index is -1.07. The van der Waals surface area contributed by atoms with Crippen LogP contribution in [0.2, 0.25) is 0 Å². The number of carbonyl (C=O) groups excluding carboxylic acids is 3. The van der Waals surface area contributed by atoms with Crippen LogP contribution in [0.15, 0.2) is 30.5 Å². The van der Waals surface area contributed by atoms with Gasteiger partial charge in [0.05, 0.1) is 6.04 Å². The maximum Gasteiger partial charge on any atom is 0.326 e. The zero-order valence-electron chi connectivity index (χ0n) is 22.1. The number of fused-ring (bicyclic) bond motifs is 1. The van der Waals surface area contributed by atoms with Gasteiger partial charge in [-0.15, -0.1) is 0 Å². The van der Waals surface area contributed by atoms with Crippen LogP contribution in [0.5, 0.6) is 0 Å². The van der Waals surface area contributed by atoms with E-state index in [0.29, 0.717) is 38.8 Å². The number of nitrogens with one attached hydrogen (secondary N) is 3. The van der Waals surface area contributed by atoms with Crippen molar-refractivity contribution < 1.29 is 24.3 Å². The van der Waals surface area contributed by atoms with Gasteiger partial charge in [-0.2, -0.15) is 0 Å². The Bertz CT molecular complexity index is 1130. The molecule has 2 aromatic rings. The number of benzene rings is 1. The fourth-order valence-corrected chi connectivity index (χ4v) is 4.90. The number of para-hydroxylation sites is 1. The number of carboxylic acid groups (broad SMARTS) is 1. The van der Waals surface area contributed by atoms with E-state index in [4.69, 9.17) is 11.5 Å². The van der Waals surface area contributed by atoms with Crippen LogP contribution < -0.4 is 22.1 Å². The number of rotatable bonds is 13. The molecule has 1 saturated heterocycles. The first kappa shape index (κ1) is 29.1. The Morgan fingerprint density at radius 3 is 2.55 bits per heavy atom. The van der Waals surface area contributed by atoms with E-state index in [0.717, 1.165) is 22.9 Å². The second kappa shape index (κ2) is 13.4. The molecule has 0 radical (unpaired) electrons. The first-order valence-electron chi connectivity index (χ1n) is 13.3. The number of unbranched alkanes of at least 4 members (excludes halogenated alkanes) is 1. The number of nitrogens with two attached hydrogens (primary N) is 2. The molecule has 11 heteroatoms. The average molecular weight is 529 g/mol. The molecule has 1 aliphatic rings. The molecule has 38 heavy (non-hydrogen) atoms. The summed E-state index contributed by atoms with van der Waals surface area (Å²) in [7, 11) is 0. The largest absolute Gasteiger partial charge is 0.480 e. The van der Waals surface area contributed by atoms with Gasteiger partial charge in [0.15, 0.2) is 0 Å². The third kappa shape index (κ3) is 7.11. The molecule has 8 N–H and O–H groups in total. The molecule has 208 valence electrons. The van der Waals surface area contributed by atoms with Crippen molar-refractivity contribution in [1.82, 2.24) is 20.5 Å². The molecule has 1 aliphatic heterocycles. The molecule has 4 unspecified atom stereocenters. The number of hydrogen-bond acceptors (Lipinski definition) is 6. The summed E-state index contributed by atoms with van der Waals surface area (Å²) in [5.74, 6) is -2.77. The van der Waals surface area contributed by atoms with Gasteiger partial charge in [-0.1, -0.05) is 38.5 Å². The Kier molecular flexibility index (Phi) is 10.3. The van der Waals surface area contributed by atoms with Crippen LogP contribution in [0.4, 0.5) is 0 Å². The maximum absolute atomic E-state index is 13.6. The van der Waals surface area contributed by atoms with Gasteiger partial charge < -0.3 is 37.1 Å². The number of nitrogens with zero attached hydrogens (tertiary/aromatic N) is 1. The van der Waals surface area contributed by atoms with Gasteiger partial charge in [0, 0.05) is 30.1 Å². The second-order valence-electron chi connectivity index (χ2n) is 10.3. The lowest BCUT2D eigenvalue weighted by Gasteiger charge is -2.30. The molecule has 3 amide bonds. The summed E-state index contributed by atoms with van der Waals surface area (Å²) in [6.07, 6.45) is 4.78. The van der Waals surface area contributed by atoms with Gasteiger partial charge in [-0.05, 0) is 49.8 Å². The predicted molar refractivity (Wildman–Crippen MR) is 144 cm³/mol. The van der Waals surface area contributed by atoms with Crippen LogP contribution in [0.1, 0.15) is 51.5 Å². The molecule has 1 fully saturated rings. The van der Waals surface area contributed by atoms with Gasteiger partial charge in [-0.25, -0.2) is 4.79 Å². The molecule has 2 heterocycles. The van der Waals surface area contributed by atoms with Crippen molar-refractivity contribution in [3.8, 4) is 0 Å². The van der Waals surface area contributed by atoms with E-state index < -0.39 is 47.9 Å². The van der Waals surface area contributed by atoms with Crippen LogP contribution in [-0.4, -0.2) is 75.9 Å². The predicted octanol–water partition coefficient (Wildman–Crippen LogP) is 0.868. The average Bonchev–Trinajstić information content (AvgIpc) is 3.54. The second-order valence-corrected chi connectivity index (χ2v) is 10.3. The fourth-order valence-electron chi connectivity index (χ4n) is 4.90. The SMILES string of the molecule is CC(C)C(NC(=O)C(N)CCCCN)C(=O)NC(Cc1c[nH]c2ccccc12)C(=O)N1CCCC1C(=O)O. The van der Waals surface area contributed by atoms with E-state index in [1.165, 1.54) is 4.90 Å². The van der Waals surface area contributed by atoms with Crippen LogP contribution in [0, 0.1) is 5.92 Å². The van der Waals surface area contributed by atoms with Gasteiger partial charge in [0.25, 0.3) is 0 Å². The third-order valence-electron chi connectivity index (χ3n) is 7.09. The normalized spacial score (nSPS) is 17.8. The summed E-state index contributed by atoms with van der Waals surface area (Å²) in [5.41, 5.74) is 13.2. The summed E-state index contributed by atoms with van der Waals surface area (Å²) in [4.78, 5) is 56.1. The van der Waals surface area contributed by atoms with Crippen molar-refractivity contribution in [3.63, 3.8) is 0 Å². The van der Waals surface area contributed by atoms with Gasteiger partial charge >= 0.3 is 5.97 Å². The highest BCUT2D eigenvalue weighted by Gasteiger charge is 2.39. The molecule has 0 bridgehead atoms. The number of amides is 3. The molecule has 1 aromatic heterocycles. The van der Waals surface area contributed by atoms with Crippen molar-refractivity contribution in [2.75, 3.05) is 13.1 Å². The first-order valence-corrected chi connectivity index (χ1v) is 13.3. The monoisotopic (exact) mass is 528 g/mol. The molecular weight excluding hydrogens is 488 g/mol. The van der Waals surface area contributed by atoms with Crippen LogP contribution in [0.25, 0.3) is 10.9 Å². The van der Waals surface area contributed by atoms with Gasteiger partial charge in [0.2, 0.25) is 17.7 Å². The molecule has 0 saturated carbocycles. The lowest BCUT2D eigenvalue weighted by Crippen LogP contribution is -2.58. The number of aromatic nitrogens is 1. The topological polar surface area (TPSA) is 184 Å². The first-order chi connectivity index (χ1) is 18.1. The van der Waals surface area contributed by atoms with E-state index >= 15 is 0 Å². The summed E-state index contributed by atoms with van der Waals surface area (Å²) >= 11 is 0. The van der Waals surface area contributed by atoms with Gasteiger partial charge in [0.1, 0.15) is 18.1 Å². The van der Waals surface area contributed by atoms with Crippen molar-refractivity contribution in [2.24, 2.45) is 17.4 Å². The highest BCUT2D eigenvalue weighted by atomic mass is 16.4. The van der Waals surface area contributed by atoms with E-state index in [9.17, 15) is 24.3 Å². The highest BCUT2D eigenvalue weighted by molar-refractivity contribution is 5.95. The van der Waals surface area contributed by atoms with Crippen LogP contribution in [0.3, 0.4) is 0 Å². The number of H-pyrrole nitrogens is 1. The number of aliphatic carboxylic acids is 1. The summed E-state index contributed by atoms with van der Waals surface area (Å²) < 4.78 is 0. The van der Waals surface area contributed by atoms with E-state index in [-0.39, 0.29) is 12.3 Å². The van der Waals surface area contributed by atoms with Crippen molar-refractivity contribution in [2.45, 2.75) is 76.5 Å². The number of carbonyl (C=O) groups is 4. The summed E-state index contributed by atoms with van der Waals surface area (Å²) in [6, 6.07) is 3.97. The Morgan fingerprint density at radius 2 is 1.87 bits per heavy atom. The lowest BCUT2D eigenvalue weighted by molar-refractivity contribution is -0.149. The summed E-state index contributed by atoms with van der Waals surface area (Å²) in [6.45, 7) is 4.40. The van der Waals surface area contributed by atoms with Crippen molar-refractivity contribution in [3.05, 3.63) is 36.0 Å². The van der Waals surface area contributed by atoms with E-state index in [1.54, 1.807) is 20.0 Å². The highest BCUT2D eigenvalue weighted by Crippen LogP contribution is 2.23. The Morgan fingerprint density at radius 1 is 1.13 bits per heavy atom. The van der Waals surface area contributed by atoms with Crippen molar-refractivity contribution in [1.29, 1.82) is 0 Å². The Hall–Kier alpha value is -3.44. The zero-order chi connectivity index (χ0) is 27.8. The Labute approximate surface area is 222 Å². The Balaban J connectivity index is 1.81. The van der Waals surface area contributed by atoms with Gasteiger partial charge in [-0.3, -0.25) is 14.4 Å². The molecule has 4 atom stereocenters. The van der Waals surface area contributed by atoms with Crippen molar-refractivity contribution >= 4 is 34.6 Å². The minimum absolute atomic E-state index is 0.161. The maximum atomic E-state index is 13.6. The van der Waals surface area contributed by atoms with Crippen LogP contribution in [-0.2, 0) is 25.6 Å². The molecule has 11 nitrogen and oxygen atoms in total. The van der Waals surface area contributed by atoms with Crippen LogP contribution >= 0.6 is 0 Å². The molecule has 3 rings (SSSR count). The number of hydrogen-bond donors (Lipinski definition) is 6. The summed E-state index contributed by atoms with van der Waals surface area (Å²) in [5, 5.41) is 16.1. The minimum Gasteiger partial charge on any atom is -0.480 e. The smallest absolute Gasteiger partial charge is 0.326 e. The fraction of sp³-hybridized carbons (Fsp3) is 0.556. The molecule has 1 aromatic carbocycles. The number of likely N-dealkylation sites (tertiary alicyclic amines) is 1. The quantitative estimate of drug-likeness (QED) is 0.208. The third-order valence-corrected chi connectivity index (χ3v) is 7.09. The zero-order valence-corrected chi connectivity index (χ0v) is 22.1. The number of aromatic amines is 1. The lowest BCUT2D eigenvalue weighted by atomic mass is 9.99. The number of carboxylic acids is 1. The molecule has 0 aliphatic carbocycles.